The molecule has 0 fully saturated rings. The highest BCUT2D eigenvalue weighted by molar-refractivity contribution is 7.92. The number of fused-ring (bicyclic) bond motifs is 1. The molecule has 1 atom stereocenters. The normalized spacial score (nSPS) is 12.7. The molecule has 3 aromatic rings. The van der Waals surface area contributed by atoms with Gasteiger partial charge < -0.3 is 9.88 Å². The number of nitrogens with one attached hydrogen (secondary N) is 1. The summed E-state index contributed by atoms with van der Waals surface area (Å²) in [6.45, 7) is 5.55. The molecule has 160 valence electrons. The largest absolute Gasteiger partial charge is 0.324 e. The Morgan fingerprint density at radius 2 is 1.80 bits per heavy atom. The lowest BCUT2D eigenvalue weighted by Gasteiger charge is -2.30. The topological polar surface area (TPSA) is 88.5 Å². The van der Waals surface area contributed by atoms with Crippen molar-refractivity contribution in [3.05, 3.63) is 57.2 Å². The summed E-state index contributed by atoms with van der Waals surface area (Å²) in [6.07, 6.45) is 1.40. The van der Waals surface area contributed by atoms with Gasteiger partial charge in [0.15, 0.2) is 0 Å². The van der Waals surface area contributed by atoms with Crippen LogP contribution in [0.1, 0.15) is 24.5 Å². The van der Waals surface area contributed by atoms with E-state index in [4.69, 9.17) is 0 Å². The van der Waals surface area contributed by atoms with Crippen molar-refractivity contribution >= 4 is 48.9 Å². The number of thiazole rings is 1. The van der Waals surface area contributed by atoms with Gasteiger partial charge in [-0.25, -0.2) is 8.42 Å². The third-order valence-corrected chi connectivity index (χ3v) is 7.03. The van der Waals surface area contributed by atoms with E-state index in [2.05, 4.69) is 5.32 Å². The number of carbonyl (C=O) groups excluding carboxylic acids is 1. The molecule has 7 nitrogen and oxygen atoms in total. The number of benzene rings is 2. The maximum atomic E-state index is 13.1. The predicted molar refractivity (Wildman–Crippen MR) is 123 cm³/mol. The number of aromatic nitrogens is 1. The number of carbonyl (C=O) groups is 1. The molecule has 0 spiro atoms. The van der Waals surface area contributed by atoms with Gasteiger partial charge in [-0.1, -0.05) is 24.3 Å². The number of anilines is 2. The summed E-state index contributed by atoms with van der Waals surface area (Å²) in [5.41, 5.74) is 3.59. The lowest BCUT2D eigenvalue weighted by molar-refractivity contribution is -0.117. The number of sulfonamides is 1. The standard InChI is InChI=1S/C21H25N3O4S2/c1-6-17(24(30(5,27)28)16-10-13(2)9-14(3)11-16)20(25)22-15-7-8-18-19(12-15)29-21(26)23(18)4/h7-12,17H,6H2,1-5H3,(H,22,25). The van der Waals surface area contributed by atoms with Gasteiger partial charge in [0.1, 0.15) is 6.04 Å². The molecule has 0 aliphatic rings. The Bertz CT molecular complexity index is 1250. The Balaban J connectivity index is 1.97. The molecule has 3 rings (SSSR count). The summed E-state index contributed by atoms with van der Waals surface area (Å²) in [6, 6.07) is 9.77. The van der Waals surface area contributed by atoms with E-state index in [9.17, 15) is 18.0 Å². The van der Waals surface area contributed by atoms with Gasteiger partial charge in [0, 0.05) is 12.7 Å². The Morgan fingerprint density at radius 1 is 1.17 bits per heavy atom. The van der Waals surface area contributed by atoms with Gasteiger partial charge in [0.2, 0.25) is 15.9 Å². The summed E-state index contributed by atoms with van der Waals surface area (Å²) in [4.78, 5) is 24.9. The molecule has 0 saturated carbocycles. The zero-order valence-electron chi connectivity index (χ0n) is 17.6. The first kappa shape index (κ1) is 22.0. The maximum Gasteiger partial charge on any atom is 0.307 e. The molecule has 1 aromatic heterocycles. The maximum absolute atomic E-state index is 13.1. The van der Waals surface area contributed by atoms with Crippen LogP contribution in [0.4, 0.5) is 11.4 Å². The molecule has 9 heteroatoms. The fraction of sp³-hybridized carbons (Fsp3) is 0.333. The molecule has 0 saturated heterocycles. The molecule has 0 bridgehead atoms. The number of amides is 1. The van der Waals surface area contributed by atoms with Gasteiger partial charge in [-0.3, -0.25) is 13.9 Å². The smallest absolute Gasteiger partial charge is 0.307 e. The first-order chi connectivity index (χ1) is 14.0. The number of nitrogens with zero attached hydrogens (tertiary/aromatic N) is 2. The molecule has 0 aliphatic carbocycles. The van der Waals surface area contributed by atoms with Crippen LogP contribution in [-0.2, 0) is 21.9 Å². The SMILES string of the molecule is CCC(C(=O)Nc1ccc2c(c1)sc(=O)n2C)N(c1cc(C)cc(C)c1)S(C)(=O)=O. The highest BCUT2D eigenvalue weighted by Gasteiger charge is 2.31. The fourth-order valence-corrected chi connectivity index (χ4v) is 5.69. The lowest BCUT2D eigenvalue weighted by atomic mass is 10.1. The van der Waals surface area contributed by atoms with Crippen molar-refractivity contribution in [3.8, 4) is 0 Å². The highest BCUT2D eigenvalue weighted by atomic mass is 32.2. The van der Waals surface area contributed by atoms with Crippen molar-refractivity contribution in [1.82, 2.24) is 4.57 Å². The Morgan fingerprint density at radius 3 is 2.37 bits per heavy atom. The Hall–Kier alpha value is -2.65. The van der Waals surface area contributed by atoms with Crippen molar-refractivity contribution in [2.45, 2.75) is 33.2 Å². The zero-order chi connectivity index (χ0) is 22.2. The molecule has 1 N–H and O–H groups in total. The number of hydrogen-bond donors (Lipinski definition) is 1. The molecule has 1 amide bonds. The first-order valence-electron chi connectivity index (χ1n) is 9.49. The molecule has 1 heterocycles. The van der Waals surface area contributed by atoms with E-state index in [-0.39, 0.29) is 4.87 Å². The van der Waals surface area contributed by atoms with Crippen molar-refractivity contribution in [2.24, 2.45) is 7.05 Å². The van der Waals surface area contributed by atoms with Gasteiger partial charge >= 0.3 is 4.87 Å². The Kier molecular flexibility index (Phi) is 6.05. The molecule has 30 heavy (non-hydrogen) atoms. The van der Waals surface area contributed by atoms with E-state index >= 15 is 0 Å². The van der Waals surface area contributed by atoms with E-state index < -0.39 is 22.0 Å². The molecular formula is C21H25N3O4S2. The van der Waals surface area contributed by atoms with Crippen LogP contribution in [0.5, 0.6) is 0 Å². The number of aryl methyl sites for hydroxylation is 3. The molecular weight excluding hydrogens is 422 g/mol. The van der Waals surface area contributed by atoms with Crippen molar-refractivity contribution < 1.29 is 13.2 Å². The average molecular weight is 448 g/mol. The van der Waals surface area contributed by atoms with Crippen LogP contribution < -0.4 is 14.5 Å². The quantitative estimate of drug-likeness (QED) is 0.627. The third kappa shape index (κ3) is 4.41. The Labute approximate surface area is 180 Å². The zero-order valence-corrected chi connectivity index (χ0v) is 19.2. The third-order valence-electron chi connectivity index (χ3n) is 4.85. The summed E-state index contributed by atoms with van der Waals surface area (Å²) in [5.74, 6) is -0.426. The number of hydrogen-bond acceptors (Lipinski definition) is 5. The summed E-state index contributed by atoms with van der Waals surface area (Å²) in [7, 11) is -2.01. The minimum Gasteiger partial charge on any atom is -0.324 e. The van der Waals surface area contributed by atoms with Crippen LogP contribution in [0.15, 0.2) is 41.2 Å². The minimum atomic E-state index is -3.71. The molecule has 2 aromatic carbocycles. The number of rotatable bonds is 6. The molecule has 0 radical (unpaired) electrons. The van der Waals surface area contributed by atoms with Crippen LogP contribution in [0.25, 0.3) is 10.2 Å². The van der Waals surface area contributed by atoms with Gasteiger partial charge in [-0.15, -0.1) is 0 Å². The van der Waals surface area contributed by atoms with E-state index in [0.29, 0.717) is 17.8 Å². The molecule has 1 unspecified atom stereocenters. The first-order valence-corrected chi connectivity index (χ1v) is 12.2. The summed E-state index contributed by atoms with van der Waals surface area (Å²) >= 11 is 1.09. The van der Waals surface area contributed by atoms with Gasteiger partial charge in [0.25, 0.3) is 0 Å². The second-order valence-corrected chi connectivity index (χ2v) is 10.3. The van der Waals surface area contributed by atoms with Gasteiger partial charge in [0.05, 0.1) is 22.2 Å². The van der Waals surface area contributed by atoms with E-state index in [0.717, 1.165) is 38.9 Å². The second-order valence-electron chi connectivity index (χ2n) is 7.43. The van der Waals surface area contributed by atoms with E-state index in [1.807, 2.05) is 19.9 Å². The van der Waals surface area contributed by atoms with Crippen LogP contribution in [0, 0.1) is 13.8 Å². The van der Waals surface area contributed by atoms with Gasteiger partial charge in [-0.05, 0) is 61.7 Å². The lowest BCUT2D eigenvalue weighted by Crippen LogP contribution is -2.47. The van der Waals surface area contributed by atoms with Crippen LogP contribution >= 0.6 is 11.3 Å². The predicted octanol–water partition coefficient (Wildman–Crippen LogP) is 3.40. The molecule has 0 aliphatic heterocycles. The summed E-state index contributed by atoms with van der Waals surface area (Å²) < 4.78 is 28.8. The minimum absolute atomic E-state index is 0.0852. The van der Waals surface area contributed by atoms with E-state index in [1.54, 1.807) is 48.9 Å². The van der Waals surface area contributed by atoms with Crippen LogP contribution in [0.2, 0.25) is 0 Å². The highest BCUT2D eigenvalue weighted by Crippen LogP contribution is 2.27. The van der Waals surface area contributed by atoms with Crippen molar-refractivity contribution in [1.29, 1.82) is 0 Å². The van der Waals surface area contributed by atoms with Crippen molar-refractivity contribution in [2.75, 3.05) is 15.9 Å². The average Bonchev–Trinajstić information content (AvgIpc) is 2.91. The second kappa shape index (κ2) is 8.23. The van der Waals surface area contributed by atoms with Crippen LogP contribution in [-0.4, -0.2) is 31.2 Å². The monoisotopic (exact) mass is 447 g/mol. The van der Waals surface area contributed by atoms with Crippen LogP contribution in [0.3, 0.4) is 0 Å². The fourth-order valence-electron chi connectivity index (χ4n) is 3.58. The van der Waals surface area contributed by atoms with E-state index in [1.165, 1.54) is 4.31 Å². The summed E-state index contributed by atoms with van der Waals surface area (Å²) in [5, 5.41) is 2.82. The van der Waals surface area contributed by atoms with Gasteiger partial charge in [-0.2, -0.15) is 0 Å². The van der Waals surface area contributed by atoms with Crippen molar-refractivity contribution in [3.63, 3.8) is 0 Å².